The zero-order chi connectivity index (χ0) is 20.5. The van der Waals surface area contributed by atoms with E-state index < -0.39 is 0 Å². The summed E-state index contributed by atoms with van der Waals surface area (Å²) < 4.78 is 5.09. The number of carbonyl (C=O) groups is 1. The number of amides is 1. The van der Waals surface area contributed by atoms with Crippen molar-refractivity contribution >= 4 is 11.7 Å². The van der Waals surface area contributed by atoms with Crippen molar-refractivity contribution in [1.29, 1.82) is 0 Å². The first kappa shape index (κ1) is 20.5. The van der Waals surface area contributed by atoms with Gasteiger partial charge in [0, 0.05) is 45.5 Å². The monoisotopic (exact) mass is 390 g/mol. The van der Waals surface area contributed by atoms with Crippen LogP contribution in [0, 0.1) is 0 Å². The maximum atomic E-state index is 13.0. The van der Waals surface area contributed by atoms with Gasteiger partial charge in [-0.05, 0) is 12.0 Å². The summed E-state index contributed by atoms with van der Waals surface area (Å²) in [5.41, 5.74) is 2.30. The lowest BCUT2D eigenvalue weighted by atomic mass is 10.2. The van der Waals surface area contributed by atoms with Gasteiger partial charge in [0.1, 0.15) is 11.5 Å². The molecule has 1 amide bonds. The third kappa shape index (κ3) is 5.86. The van der Waals surface area contributed by atoms with E-state index >= 15 is 0 Å². The van der Waals surface area contributed by atoms with Gasteiger partial charge in [-0.25, -0.2) is 9.97 Å². The minimum absolute atomic E-state index is 0.145. The van der Waals surface area contributed by atoms with E-state index in [1.165, 1.54) is 0 Å². The first-order chi connectivity index (χ1) is 14.2. The Balaban J connectivity index is 1.84. The molecule has 0 atom stereocenters. The molecule has 0 radical (unpaired) electrons. The lowest BCUT2D eigenvalue weighted by Gasteiger charge is -2.18. The van der Waals surface area contributed by atoms with E-state index in [1.54, 1.807) is 25.1 Å². The highest BCUT2D eigenvalue weighted by Gasteiger charge is 2.17. The molecule has 1 aromatic heterocycles. The quantitative estimate of drug-likeness (QED) is 0.562. The molecule has 3 rings (SSSR count). The van der Waals surface area contributed by atoms with Gasteiger partial charge >= 0.3 is 0 Å². The van der Waals surface area contributed by atoms with Gasteiger partial charge < -0.3 is 15.0 Å². The van der Waals surface area contributed by atoms with E-state index in [0.717, 1.165) is 17.5 Å². The van der Waals surface area contributed by atoms with Crippen molar-refractivity contribution in [3.8, 4) is 11.4 Å². The molecular weight excluding hydrogens is 364 g/mol. The second-order valence-corrected chi connectivity index (χ2v) is 6.75. The molecule has 0 saturated carbocycles. The Hall–Kier alpha value is -3.25. The minimum atomic E-state index is -0.145. The molecule has 0 aliphatic rings. The largest absolute Gasteiger partial charge is 0.385 e. The van der Waals surface area contributed by atoms with E-state index in [1.807, 2.05) is 60.7 Å². The predicted molar refractivity (Wildman–Crippen MR) is 115 cm³/mol. The van der Waals surface area contributed by atoms with Crippen molar-refractivity contribution in [2.24, 2.45) is 0 Å². The molecule has 0 aliphatic carbocycles. The number of ether oxygens (including phenoxy) is 1. The fourth-order valence-electron chi connectivity index (χ4n) is 2.92. The van der Waals surface area contributed by atoms with Crippen LogP contribution in [0.1, 0.15) is 22.5 Å². The summed E-state index contributed by atoms with van der Waals surface area (Å²) in [4.78, 5) is 23.9. The SMILES string of the molecule is COCCCNc1cc(C(=O)N(C)Cc2ccccc2)nc(-c2ccccc2)n1. The number of carbonyl (C=O) groups excluding carboxylic acids is 1. The highest BCUT2D eigenvalue weighted by molar-refractivity contribution is 5.93. The second-order valence-electron chi connectivity index (χ2n) is 6.75. The number of hydrogen-bond acceptors (Lipinski definition) is 5. The third-order valence-corrected chi connectivity index (χ3v) is 4.42. The Bertz CT molecular complexity index is 917. The number of aromatic nitrogens is 2. The molecule has 29 heavy (non-hydrogen) atoms. The van der Waals surface area contributed by atoms with E-state index in [-0.39, 0.29) is 5.91 Å². The van der Waals surface area contributed by atoms with Crippen LogP contribution in [0.4, 0.5) is 5.82 Å². The molecule has 0 aliphatic heterocycles. The molecular formula is C23H26N4O2. The Morgan fingerprint density at radius 3 is 2.41 bits per heavy atom. The fraction of sp³-hybridized carbons (Fsp3) is 0.261. The average Bonchev–Trinajstić information content (AvgIpc) is 2.77. The van der Waals surface area contributed by atoms with Crippen molar-refractivity contribution in [2.45, 2.75) is 13.0 Å². The first-order valence-electron chi connectivity index (χ1n) is 9.64. The number of benzene rings is 2. The van der Waals surface area contributed by atoms with Gasteiger partial charge in [0.05, 0.1) is 0 Å². The van der Waals surface area contributed by atoms with Crippen LogP contribution in [-0.4, -0.2) is 48.1 Å². The topological polar surface area (TPSA) is 67.3 Å². The molecule has 3 aromatic rings. The van der Waals surface area contributed by atoms with Crippen LogP contribution >= 0.6 is 0 Å². The average molecular weight is 390 g/mol. The number of hydrogen-bond donors (Lipinski definition) is 1. The molecule has 0 fully saturated rings. The maximum Gasteiger partial charge on any atom is 0.272 e. The summed E-state index contributed by atoms with van der Waals surface area (Å²) in [5.74, 6) is 1.01. The summed E-state index contributed by atoms with van der Waals surface area (Å²) in [6, 6.07) is 21.3. The Kier molecular flexibility index (Phi) is 7.30. The van der Waals surface area contributed by atoms with E-state index in [4.69, 9.17) is 4.74 Å². The lowest BCUT2D eigenvalue weighted by molar-refractivity contribution is 0.0779. The predicted octanol–water partition coefficient (Wildman–Crippen LogP) is 3.86. The van der Waals surface area contributed by atoms with Crippen LogP contribution in [-0.2, 0) is 11.3 Å². The number of rotatable bonds is 9. The minimum Gasteiger partial charge on any atom is -0.385 e. The zero-order valence-electron chi connectivity index (χ0n) is 16.8. The zero-order valence-corrected chi connectivity index (χ0v) is 16.8. The summed E-state index contributed by atoms with van der Waals surface area (Å²) in [6.07, 6.45) is 0.846. The highest BCUT2D eigenvalue weighted by atomic mass is 16.5. The number of methoxy groups -OCH3 is 1. The van der Waals surface area contributed by atoms with E-state index in [2.05, 4.69) is 15.3 Å². The first-order valence-corrected chi connectivity index (χ1v) is 9.64. The van der Waals surface area contributed by atoms with Gasteiger partial charge in [-0.1, -0.05) is 60.7 Å². The molecule has 0 spiro atoms. The highest BCUT2D eigenvalue weighted by Crippen LogP contribution is 2.19. The van der Waals surface area contributed by atoms with Gasteiger partial charge in [0.25, 0.3) is 5.91 Å². The standard InChI is InChI=1S/C23H26N4O2/c1-27(17-18-10-5-3-6-11-18)23(28)20-16-21(24-14-9-15-29-2)26-22(25-20)19-12-7-4-8-13-19/h3-8,10-13,16H,9,14-15,17H2,1-2H3,(H,24,25,26). The summed E-state index contributed by atoms with van der Waals surface area (Å²) in [7, 11) is 3.46. The molecule has 150 valence electrons. The van der Waals surface area contributed by atoms with Gasteiger partial charge in [0.15, 0.2) is 5.82 Å². The van der Waals surface area contributed by atoms with Gasteiger partial charge in [-0.15, -0.1) is 0 Å². The van der Waals surface area contributed by atoms with Crippen LogP contribution in [0.3, 0.4) is 0 Å². The molecule has 1 heterocycles. The van der Waals surface area contributed by atoms with E-state index in [9.17, 15) is 4.79 Å². The Morgan fingerprint density at radius 2 is 1.72 bits per heavy atom. The third-order valence-electron chi connectivity index (χ3n) is 4.42. The summed E-state index contributed by atoms with van der Waals surface area (Å²) >= 11 is 0. The molecule has 0 unspecified atom stereocenters. The molecule has 2 aromatic carbocycles. The number of anilines is 1. The number of nitrogens with one attached hydrogen (secondary N) is 1. The molecule has 6 nitrogen and oxygen atoms in total. The Labute approximate surface area is 171 Å². The maximum absolute atomic E-state index is 13.0. The van der Waals surface area contributed by atoms with Crippen LogP contribution < -0.4 is 5.32 Å². The van der Waals surface area contributed by atoms with Crippen molar-refractivity contribution in [1.82, 2.24) is 14.9 Å². The lowest BCUT2D eigenvalue weighted by Crippen LogP contribution is -2.27. The van der Waals surface area contributed by atoms with Crippen molar-refractivity contribution < 1.29 is 9.53 Å². The van der Waals surface area contributed by atoms with Crippen LogP contribution in [0.2, 0.25) is 0 Å². The second kappa shape index (κ2) is 10.3. The van der Waals surface area contributed by atoms with Crippen LogP contribution in [0.25, 0.3) is 11.4 Å². The van der Waals surface area contributed by atoms with Gasteiger partial charge in [-0.3, -0.25) is 4.79 Å². The molecule has 6 heteroatoms. The number of nitrogens with zero attached hydrogens (tertiary/aromatic N) is 3. The smallest absolute Gasteiger partial charge is 0.272 e. The molecule has 0 saturated heterocycles. The molecule has 1 N–H and O–H groups in total. The van der Waals surface area contributed by atoms with E-state index in [0.29, 0.717) is 37.0 Å². The van der Waals surface area contributed by atoms with Gasteiger partial charge in [0.2, 0.25) is 0 Å². The Morgan fingerprint density at radius 1 is 1.03 bits per heavy atom. The van der Waals surface area contributed by atoms with Crippen LogP contribution in [0.5, 0.6) is 0 Å². The molecule has 0 bridgehead atoms. The van der Waals surface area contributed by atoms with Crippen molar-refractivity contribution in [3.63, 3.8) is 0 Å². The van der Waals surface area contributed by atoms with Crippen molar-refractivity contribution in [3.05, 3.63) is 78.0 Å². The van der Waals surface area contributed by atoms with Crippen molar-refractivity contribution in [2.75, 3.05) is 32.6 Å². The fourth-order valence-corrected chi connectivity index (χ4v) is 2.92. The summed E-state index contributed by atoms with van der Waals surface area (Å²) in [6.45, 7) is 1.88. The normalized spacial score (nSPS) is 10.6. The van der Waals surface area contributed by atoms with Crippen LogP contribution in [0.15, 0.2) is 66.7 Å². The summed E-state index contributed by atoms with van der Waals surface area (Å²) in [5, 5.41) is 3.27. The van der Waals surface area contributed by atoms with Gasteiger partial charge in [-0.2, -0.15) is 0 Å².